The van der Waals surface area contributed by atoms with E-state index in [0.717, 1.165) is 29.6 Å². The normalized spacial score (nSPS) is 19.2. The second-order valence-corrected chi connectivity index (χ2v) is 9.16. The Morgan fingerprint density at radius 2 is 2.20 bits per heavy atom. The van der Waals surface area contributed by atoms with Crippen LogP contribution >= 0.6 is 0 Å². The van der Waals surface area contributed by atoms with Gasteiger partial charge in [0.2, 0.25) is 0 Å². The van der Waals surface area contributed by atoms with E-state index in [0.29, 0.717) is 37.2 Å². The molecule has 0 bridgehead atoms. The summed E-state index contributed by atoms with van der Waals surface area (Å²) in [4.78, 5) is 22.1. The van der Waals surface area contributed by atoms with E-state index >= 15 is 4.39 Å². The maximum absolute atomic E-state index is 15.4. The molecule has 3 atom stereocenters. The van der Waals surface area contributed by atoms with Crippen molar-refractivity contribution >= 4 is 16.9 Å². The fraction of sp³-hybridized carbons (Fsp3) is 0.444. The van der Waals surface area contributed by atoms with E-state index in [-0.39, 0.29) is 18.3 Å². The summed E-state index contributed by atoms with van der Waals surface area (Å²) in [6.07, 6.45) is 5.82. The standard InChI is InChI=1S/C27H31FN4O3/c1-31-18-29-16-21(31)4-3-12-32-13-10-19(20(17-32)14-27(33)34)5-7-25(28)23-9-11-30-26-8-6-22(35-2)15-24(23)26/h6,8-9,11,15-16,18-20,25H,5,7,10,12-14,17H2,1-2H3,(H,33,34)/t19-,20+,25+/m1/s1. The fourth-order valence-electron chi connectivity index (χ4n) is 4.92. The van der Waals surface area contributed by atoms with Crippen molar-refractivity contribution in [2.75, 3.05) is 26.7 Å². The van der Waals surface area contributed by atoms with Crippen molar-refractivity contribution in [1.29, 1.82) is 0 Å². The Hall–Kier alpha value is -3.44. The summed E-state index contributed by atoms with van der Waals surface area (Å²) in [6.45, 7) is 2.06. The number of nitrogens with zero attached hydrogens (tertiary/aromatic N) is 4. The predicted molar refractivity (Wildman–Crippen MR) is 132 cm³/mol. The van der Waals surface area contributed by atoms with Crippen molar-refractivity contribution in [2.24, 2.45) is 18.9 Å². The van der Waals surface area contributed by atoms with E-state index in [1.54, 1.807) is 31.9 Å². The zero-order valence-electron chi connectivity index (χ0n) is 20.2. The van der Waals surface area contributed by atoms with E-state index in [9.17, 15) is 9.90 Å². The zero-order chi connectivity index (χ0) is 24.8. The molecule has 0 radical (unpaired) electrons. The molecule has 1 fully saturated rings. The molecular formula is C27H31FN4O3. The predicted octanol–water partition coefficient (Wildman–Crippen LogP) is 4.23. The smallest absolute Gasteiger partial charge is 0.303 e. The molecule has 0 aliphatic carbocycles. The van der Waals surface area contributed by atoms with E-state index < -0.39 is 12.1 Å². The number of methoxy groups -OCH3 is 1. The highest BCUT2D eigenvalue weighted by Gasteiger charge is 2.31. The first-order valence-corrected chi connectivity index (χ1v) is 11.9. The van der Waals surface area contributed by atoms with E-state index in [4.69, 9.17) is 4.74 Å². The van der Waals surface area contributed by atoms with Gasteiger partial charge in [0.25, 0.3) is 0 Å². The first-order valence-electron chi connectivity index (χ1n) is 11.9. The van der Waals surface area contributed by atoms with Gasteiger partial charge in [-0.15, -0.1) is 0 Å². The Morgan fingerprint density at radius 3 is 2.94 bits per heavy atom. The molecule has 1 aliphatic rings. The number of likely N-dealkylation sites (tertiary alicyclic amines) is 1. The maximum Gasteiger partial charge on any atom is 0.303 e. The highest BCUT2D eigenvalue weighted by atomic mass is 19.1. The zero-order valence-corrected chi connectivity index (χ0v) is 20.2. The molecule has 1 N–H and O–H groups in total. The van der Waals surface area contributed by atoms with Crippen molar-refractivity contribution < 1.29 is 19.0 Å². The van der Waals surface area contributed by atoms with Gasteiger partial charge in [0.15, 0.2) is 0 Å². The number of carboxylic acid groups (broad SMARTS) is 1. The summed E-state index contributed by atoms with van der Waals surface area (Å²) in [6, 6.07) is 7.20. The minimum absolute atomic E-state index is 0.0266. The number of alkyl halides is 1. The third-order valence-corrected chi connectivity index (χ3v) is 6.86. The number of benzene rings is 1. The lowest BCUT2D eigenvalue weighted by molar-refractivity contribution is -0.139. The number of rotatable bonds is 8. The lowest BCUT2D eigenvalue weighted by Gasteiger charge is -2.37. The Kier molecular flexibility index (Phi) is 7.98. The fourth-order valence-corrected chi connectivity index (χ4v) is 4.92. The molecule has 1 saturated heterocycles. The number of fused-ring (bicyclic) bond motifs is 1. The van der Waals surface area contributed by atoms with Crippen LogP contribution in [0, 0.1) is 23.7 Å². The number of carbonyl (C=O) groups is 1. The van der Waals surface area contributed by atoms with E-state index in [1.807, 2.05) is 29.8 Å². The Balaban J connectivity index is 1.39. The van der Waals surface area contributed by atoms with Gasteiger partial charge < -0.3 is 14.4 Å². The van der Waals surface area contributed by atoms with Gasteiger partial charge in [0, 0.05) is 31.6 Å². The minimum Gasteiger partial charge on any atom is -0.497 e. The summed E-state index contributed by atoms with van der Waals surface area (Å²) >= 11 is 0. The molecule has 35 heavy (non-hydrogen) atoms. The van der Waals surface area contributed by atoms with Gasteiger partial charge in [-0.3, -0.25) is 14.7 Å². The molecule has 8 heteroatoms. The van der Waals surface area contributed by atoms with Gasteiger partial charge in [0.1, 0.15) is 17.6 Å². The number of halogens is 1. The monoisotopic (exact) mass is 478 g/mol. The third kappa shape index (κ3) is 6.17. The highest BCUT2D eigenvalue weighted by Crippen LogP contribution is 2.36. The van der Waals surface area contributed by atoms with Crippen LogP contribution in [0.3, 0.4) is 0 Å². The minimum atomic E-state index is -1.15. The van der Waals surface area contributed by atoms with Gasteiger partial charge in [-0.25, -0.2) is 9.37 Å². The number of hydrogen-bond acceptors (Lipinski definition) is 5. The summed E-state index contributed by atoms with van der Waals surface area (Å²) in [5, 5.41) is 10.2. The number of hydrogen-bond donors (Lipinski definition) is 1. The Labute approximate surface area is 204 Å². The van der Waals surface area contributed by atoms with Crippen LogP contribution in [0.5, 0.6) is 5.75 Å². The highest BCUT2D eigenvalue weighted by molar-refractivity contribution is 5.83. The average molecular weight is 479 g/mol. The second kappa shape index (κ2) is 11.3. The topological polar surface area (TPSA) is 80.5 Å². The first-order chi connectivity index (χ1) is 16.9. The van der Waals surface area contributed by atoms with Gasteiger partial charge in [-0.1, -0.05) is 5.92 Å². The number of ether oxygens (including phenoxy) is 1. The molecule has 0 amide bonds. The number of piperidine rings is 1. The van der Waals surface area contributed by atoms with E-state index in [1.165, 1.54) is 0 Å². The summed E-state index contributed by atoms with van der Waals surface area (Å²) in [5.74, 6) is 6.28. The van der Waals surface area contributed by atoms with E-state index in [2.05, 4.69) is 26.7 Å². The largest absolute Gasteiger partial charge is 0.497 e. The SMILES string of the molecule is COc1ccc2nccc([C@@H](F)CC[C@@H]3CCN(CC#Cc4cncn4C)C[C@@H]3CC(=O)O)c2c1. The van der Waals surface area contributed by atoms with Crippen LogP contribution in [0.25, 0.3) is 10.9 Å². The number of pyridine rings is 1. The lowest BCUT2D eigenvalue weighted by atomic mass is 9.79. The van der Waals surface area contributed by atoms with Crippen molar-refractivity contribution in [3.63, 3.8) is 0 Å². The van der Waals surface area contributed by atoms with Crippen LogP contribution < -0.4 is 4.74 Å². The van der Waals surface area contributed by atoms with Crippen molar-refractivity contribution in [2.45, 2.75) is 31.9 Å². The summed E-state index contributed by atoms with van der Waals surface area (Å²) in [5.41, 5.74) is 2.18. The number of carboxylic acids is 1. The molecule has 0 saturated carbocycles. The molecule has 1 aliphatic heterocycles. The van der Waals surface area contributed by atoms with Crippen LogP contribution in [0.15, 0.2) is 43.0 Å². The molecule has 3 heterocycles. The van der Waals surface area contributed by atoms with Crippen molar-refractivity contribution in [1.82, 2.24) is 19.4 Å². The average Bonchev–Trinajstić information content (AvgIpc) is 3.26. The molecule has 7 nitrogen and oxygen atoms in total. The van der Waals surface area contributed by atoms with Gasteiger partial charge in [-0.2, -0.15) is 0 Å². The maximum atomic E-state index is 15.4. The number of imidazole rings is 1. The van der Waals surface area contributed by atoms with Crippen LogP contribution in [0.4, 0.5) is 4.39 Å². The Morgan fingerprint density at radius 1 is 1.34 bits per heavy atom. The second-order valence-electron chi connectivity index (χ2n) is 9.16. The van der Waals surface area contributed by atoms with Crippen LogP contribution in [-0.2, 0) is 11.8 Å². The summed E-state index contributed by atoms with van der Waals surface area (Å²) < 4.78 is 22.6. The molecule has 0 unspecified atom stereocenters. The number of aromatic nitrogens is 3. The van der Waals surface area contributed by atoms with Gasteiger partial charge in [0.05, 0.1) is 31.7 Å². The number of aliphatic carboxylic acids is 1. The third-order valence-electron chi connectivity index (χ3n) is 6.86. The Bertz CT molecular complexity index is 1230. The number of aryl methyl sites for hydroxylation is 1. The van der Waals surface area contributed by atoms with Crippen molar-refractivity contribution in [3.05, 3.63) is 54.2 Å². The lowest BCUT2D eigenvalue weighted by Crippen LogP contribution is -2.41. The van der Waals surface area contributed by atoms with Crippen LogP contribution in [-0.4, -0.2) is 57.3 Å². The first kappa shape index (κ1) is 24.7. The molecule has 1 aromatic carbocycles. The molecular weight excluding hydrogens is 447 g/mol. The van der Waals surface area contributed by atoms with Crippen molar-refractivity contribution in [3.8, 4) is 17.6 Å². The van der Waals surface area contributed by atoms with Crippen LogP contribution in [0.2, 0.25) is 0 Å². The molecule has 0 spiro atoms. The summed E-state index contributed by atoms with van der Waals surface area (Å²) in [7, 11) is 3.48. The van der Waals surface area contributed by atoms with Gasteiger partial charge >= 0.3 is 5.97 Å². The molecule has 184 valence electrons. The quantitative estimate of drug-likeness (QED) is 0.488. The van der Waals surface area contributed by atoms with Crippen LogP contribution in [0.1, 0.15) is 43.1 Å². The molecule has 4 rings (SSSR count). The molecule has 2 aromatic heterocycles. The van der Waals surface area contributed by atoms with Gasteiger partial charge in [-0.05, 0) is 73.4 Å². The molecule has 3 aromatic rings.